The van der Waals surface area contributed by atoms with Crippen molar-refractivity contribution in [3.63, 3.8) is 0 Å². The molecule has 0 atom stereocenters. The normalized spacial score (nSPS) is 14.2. The van der Waals surface area contributed by atoms with Gasteiger partial charge in [-0.15, -0.1) is 0 Å². The van der Waals surface area contributed by atoms with Crippen LogP contribution < -0.4 is 26.2 Å². The van der Waals surface area contributed by atoms with Gasteiger partial charge < -0.3 is 18.8 Å². The summed E-state index contributed by atoms with van der Waals surface area (Å²) in [5.74, 6) is 0. The smallest absolute Gasteiger partial charge is 0.252 e. The van der Waals surface area contributed by atoms with Crippen molar-refractivity contribution in [2.45, 2.75) is 45.4 Å². The molecule has 19 rings (SSSR count). The summed E-state index contributed by atoms with van der Waals surface area (Å²) in [6.07, 6.45) is 0. The Morgan fingerprint density at radius 2 is 0.958 bits per heavy atom. The van der Waals surface area contributed by atoms with E-state index in [4.69, 9.17) is 8.53 Å². The van der Waals surface area contributed by atoms with Crippen LogP contribution in [-0.4, -0.2) is 11.3 Å². The minimum absolute atomic E-state index is 0.145. The lowest BCUT2D eigenvalue weighted by Gasteiger charge is -2.45. The molecular weight excluding hydrogens is 1160 g/mol. The van der Waals surface area contributed by atoms with Crippen LogP contribution in [0.15, 0.2) is 314 Å². The van der Waals surface area contributed by atoms with Crippen LogP contribution >= 0.6 is 0 Å². The zero-order valence-corrected chi connectivity index (χ0v) is 53.9. The lowest BCUT2D eigenvalue weighted by Crippen LogP contribution is -2.61. The molecule has 0 spiro atoms. The summed E-state index contributed by atoms with van der Waals surface area (Å²) in [6.45, 7) is 11.2. The van der Waals surface area contributed by atoms with E-state index in [1.165, 1.54) is 27.8 Å². The molecule has 96 heavy (non-hydrogen) atoms. The third-order valence-corrected chi connectivity index (χ3v) is 20.8. The second-order valence-electron chi connectivity index (χ2n) is 27.5. The van der Waals surface area contributed by atoms with Gasteiger partial charge in [0.25, 0.3) is 6.71 Å². The molecule has 14 aromatic carbocycles. The predicted molar refractivity (Wildman–Crippen MR) is 406 cm³/mol. The molecule has 0 radical (unpaired) electrons. The molecule has 1 aliphatic carbocycles. The van der Waals surface area contributed by atoms with Crippen molar-refractivity contribution in [3.8, 4) is 72.4 Å². The van der Waals surface area contributed by atoms with Crippen molar-refractivity contribution in [1.29, 1.82) is 0 Å². The number of benzene rings is 14. The molecule has 0 saturated carbocycles. The maximum Gasteiger partial charge on any atom is 0.252 e. The van der Waals surface area contributed by atoms with Crippen molar-refractivity contribution in [2.75, 3.05) is 9.80 Å². The second-order valence-corrected chi connectivity index (χ2v) is 27.5. The highest BCUT2D eigenvalue weighted by molar-refractivity contribution is 7.00. The Morgan fingerprint density at radius 3 is 1.68 bits per heavy atom. The molecule has 16 aromatic rings. The summed E-state index contributed by atoms with van der Waals surface area (Å²) < 4.78 is 55.0. The highest BCUT2D eigenvalue weighted by Crippen LogP contribution is 2.56. The predicted octanol–water partition coefficient (Wildman–Crippen LogP) is 22.7. The van der Waals surface area contributed by atoms with Gasteiger partial charge in [-0.3, -0.25) is 0 Å². The van der Waals surface area contributed by atoms with E-state index in [9.17, 15) is 2.74 Å². The first kappa shape index (κ1) is 50.8. The molecule has 0 unspecified atom stereocenters. The van der Waals surface area contributed by atoms with Gasteiger partial charge in [0.2, 0.25) is 0 Å². The fraction of sp³-hybridized carbons (Fsp3) is 0.0769. The highest BCUT2D eigenvalue weighted by atomic mass is 16.3. The maximum atomic E-state index is 9.48. The van der Waals surface area contributed by atoms with Crippen LogP contribution in [0, 0.1) is 0 Å². The first-order chi connectivity index (χ1) is 49.1. The average Bonchev–Trinajstić information content (AvgIpc) is 0.933. The third kappa shape index (κ3) is 8.42. The molecule has 0 bridgehead atoms. The van der Waals surface area contributed by atoms with Gasteiger partial charge in [0.15, 0.2) is 0 Å². The summed E-state index contributed by atoms with van der Waals surface area (Å²) in [5, 5.41) is 4.28. The zero-order chi connectivity index (χ0) is 68.5. The molecule has 0 fully saturated rings. The molecule has 0 N–H and O–H groups in total. The molecule has 5 heteroatoms. The molecule has 2 aromatic heterocycles. The Hall–Kier alpha value is -11.7. The molecular formula is C91H66BN3O. The first-order valence-electron chi connectivity index (χ1n) is 35.8. The van der Waals surface area contributed by atoms with E-state index in [1.54, 1.807) is 0 Å². The number of fused-ring (bicyclic) bond motifs is 14. The summed E-state index contributed by atoms with van der Waals surface area (Å²) in [7, 11) is 0. The lowest BCUT2D eigenvalue weighted by molar-refractivity contribution is 0.591. The van der Waals surface area contributed by atoms with E-state index in [0.717, 1.165) is 144 Å². The fourth-order valence-electron chi connectivity index (χ4n) is 16.3. The number of aromatic nitrogens is 1. The maximum absolute atomic E-state index is 9.48. The van der Waals surface area contributed by atoms with Crippen LogP contribution in [0.5, 0.6) is 0 Å². The molecule has 0 saturated heterocycles. The lowest BCUT2D eigenvalue weighted by atomic mass is 9.33. The topological polar surface area (TPSA) is 24.6 Å². The Bertz CT molecular complexity index is 6080. The van der Waals surface area contributed by atoms with Gasteiger partial charge in [0, 0.05) is 66.8 Å². The van der Waals surface area contributed by atoms with Gasteiger partial charge in [-0.25, -0.2) is 0 Å². The van der Waals surface area contributed by atoms with Gasteiger partial charge in [0.1, 0.15) is 11.2 Å². The van der Waals surface area contributed by atoms with Crippen molar-refractivity contribution >= 4 is 101 Å². The minimum Gasteiger partial charge on any atom is -0.455 e. The Kier molecular flexibility index (Phi) is 11.2. The molecule has 4 nitrogen and oxygen atoms in total. The first-order valence-corrected chi connectivity index (χ1v) is 33.3. The standard InChI is InChI=1S/C91H66BN3O/c1-90(2,3)64-54-72(60-29-14-8-15-30-60)88(73(55-64)61-31-16-9-17-32-61)95-81-56-66(94-78-39-22-19-35-71(78)86-79(94)50-47-69-68-33-20-23-40-84(68)96-89(69)86)46-49-77(81)92-76-48-43-62(58-27-12-7-13-28-58)51-80(76)93(65-44-41-59(42-45-65)57-25-10-6-11-26-57)82-52-63(53-83(95)87(82)92)67-36-24-38-75-85(67)70-34-18-21-37-74(70)91(75,4)5/h6-56H,1-5H3/i7D,12D,13D,27D,28D. The van der Waals surface area contributed by atoms with Crippen molar-refractivity contribution < 1.29 is 11.3 Å². The largest absolute Gasteiger partial charge is 0.455 e. The van der Waals surface area contributed by atoms with Gasteiger partial charge in [0.05, 0.1) is 29.0 Å². The van der Waals surface area contributed by atoms with E-state index in [0.29, 0.717) is 5.56 Å². The van der Waals surface area contributed by atoms with Gasteiger partial charge in [-0.1, -0.05) is 265 Å². The van der Waals surface area contributed by atoms with Gasteiger partial charge in [-0.2, -0.15) is 0 Å². The van der Waals surface area contributed by atoms with Crippen LogP contribution in [0.1, 0.15) is 58.2 Å². The van der Waals surface area contributed by atoms with E-state index >= 15 is 0 Å². The van der Waals surface area contributed by atoms with E-state index in [1.807, 2.05) is 18.2 Å². The van der Waals surface area contributed by atoms with Crippen molar-refractivity contribution in [2.24, 2.45) is 0 Å². The fourth-order valence-corrected chi connectivity index (χ4v) is 16.3. The van der Waals surface area contributed by atoms with Crippen LogP contribution in [-0.2, 0) is 10.8 Å². The summed E-state index contributed by atoms with van der Waals surface area (Å²) >= 11 is 0. The van der Waals surface area contributed by atoms with Crippen molar-refractivity contribution in [1.82, 2.24) is 4.57 Å². The van der Waals surface area contributed by atoms with Crippen LogP contribution in [0.2, 0.25) is 0 Å². The number of anilines is 6. The Morgan fingerprint density at radius 1 is 0.396 bits per heavy atom. The molecule has 3 aliphatic rings. The van der Waals surface area contributed by atoms with E-state index in [2.05, 4.69) is 310 Å². The Labute approximate surface area is 567 Å². The SMILES string of the molecule is [2H]c1c([2H])c([2H])c(-c2ccc3c(c2)N(c2ccc(-c4ccccc4)cc2)c2cc(-c4cccc5c4-c4ccccc4C5(C)C)cc4c2B3c2ccc(-n3c5ccccc5c5c6oc7ccccc7c6ccc53)cc2N4c2c(-c3ccccc3)cc(C(C)(C)C)cc2-c2ccccc2)c([2H])c1[2H]. The molecule has 4 heterocycles. The number of furan rings is 1. The highest BCUT2D eigenvalue weighted by Gasteiger charge is 2.46. The molecule has 2 aliphatic heterocycles. The zero-order valence-electron chi connectivity index (χ0n) is 58.9. The van der Waals surface area contributed by atoms with Crippen LogP contribution in [0.25, 0.3) is 116 Å². The van der Waals surface area contributed by atoms with E-state index < -0.39 is 12.8 Å². The molecule has 454 valence electrons. The number of hydrogen-bond donors (Lipinski definition) is 0. The Balaban J connectivity index is 0.985. The summed E-state index contributed by atoms with van der Waals surface area (Å²) in [5.41, 5.74) is 28.5. The van der Waals surface area contributed by atoms with Gasteiger partial charge >= 0.3 is 0 Å². The van der Waals surface area contributed by atoms with Crippen molar-refractivity contribution in [3.05, 3.63) is 326 Å². The summed E-state index contributed by atoms with van der Waals surface area (Å²) in [6, 6.07) is 99.7. The monoisotopic (exact) mass is 1230 g/mol. The van der Waals surface area contributed by atoms with Crippen LogP contribution in [0.3, 0.4) is 0 Å². The third-order valence-electron chi connectivity index (χ3n) is 20.8. The van der Waals surface area contributed by atoms with Gasteiger partial charge in [-0.05, 0) is 173 Å². The second kappa shape index (κ2) is 21.2. The number of nitrogens with zero attached hydrogens (tertiary/aromatic N) is 3. The van der Waals surface area contributed by atoms with E-state index in [-0.39, 0.29) is 40.6 Å². The molecule has 0 amide bonds. The quantitative estimate of drug-likeness (QED) is 0.142. The number of para-hydroxylation sites is 2. The number of rotatable bonds is 8. The van der Waals surface area contributed by atoms with Crippen LogP contribution in [0.4, 0.5) is 34.1 Å². The minimum atomic E-state index is -0.431. The number of hydrogen-bond acceptors (Lipinski definition) is 3. The average molecular weight is 1230 g/mol. The summed E-state index contributed by atoms with van der Waals surface area (Å²) in [4.78, 5) is 5.00.